The molecule has 0 aromatic heterocycles. The first-order valence-electron chi connectivity index (χ1n) is 3.90. The van der Waals surface area contributed by atoms with Crippen molar-refractivity contribution in [2.24, 2.45) is 5.73 Å². The summed E-state index contributed by atoms with van der Waals surface area (Å²) in [5.41, 5.74) is 5.24. The number of aliphatic hydroxyl groups is 1. The maximum atomic E-state index is 11.0. The topological polar surface area (TPSA) is 130 Å². The van der Waals surface area contributed by atoms with Gasteiger partial charge in [0.05, 0.1) is 11.9 Å². The van der Waals surface area contributed by atoms with E-state index in [-0.39, 0.29) is 6.54 Å². The summed E-state index contributed by atoms with van der Waals surface area (Å²) in [7, 11) is -4.08. The first kappa shape index (κ1) is 13.3. The number of hydrogen-bond donors (Lipinski definition) is 4. The zero-order valence-electron chi connectivity index (χ0n) is 7.67. The molecule has 8 heteroatoms. The van der Waals surface area contributed by atoms with Gasteiger partial charge in [0.25, 0.3) is 10.1 Å². The summed E-state index contributed by atoms with van der Waals surface area (Å²) in [5, 5.41) is 11.1. The van der Waals surface area contributed by atoms with Gasteiger partial charge in [0.15, 0.2) is 0 Å². The second kappa shape index (κ2) is 5.25. The van der Waals surface area contributed by atoms with Crippen LogP contribution in [0.1, 0.15) is 6.92 Å². The summed E-state index contributed by atoms with van der Waals surface area (Å²) in [6.45, 7) is 1.10. The van der Waals surface area contributed by atoms with Crippen molar-refractivity contribution in [3.8, 4) is 0 Å². The number of aliphatic hydroxyl groups excluding tert-OH is 1. The van der Waals surface area contributed by atoms with Gasteiger partial charge in [0.2, 0.25) is 5.91 Å². The highest BCUT2D eigenvalue weighted by atomic mass is 32.2. The number of hydrogen-bond acceptors (Lipinski definition) is 5. The molecule has 0 radical (unpaired) electrons. The highest BCUT2D eigenvalue weighted by Gasteiger charge is 2.18. The quantitative estimate of drug-likeness (QED) is 0.390. The summed E-state index contributed by atoms with van der Waals surface area (Å²) in [4.78, 5) is 11.0. The van der Waals surface area contributed by atoms with E-state index in [0.29, 0.717) is 0 Å². The van der Waals surface area contributed by atoms with E-state index >= 15 is 0 Å². The van der Waals surface area contributed by atoms with Crippen molar-refractivity contribution in [3.63, 3.8) is 0 Å². The molecular weight excluding hydrogens is 212 g/mol. The van der Waals surface area contributed by atoms with Crippen LogP contribution in [0.5, 0.6) is 0 Å². The Morgan fingerprint density at radius 1 is 1.57 bits per heavy atom. The van der Waals surface area contributed by atoms with E-state index < -0.39 is 33.9 Å². The summed E-state index contributed by atoms with van der Waals surface area (Å²) < 4.78 is 28.8. The molecule has 14 heavy (non-hydrogen) atoms. The fourth-order valence-corrected chi connectivity index (χ4v) is 1.00. The first-order chi connectivity index (χ1) is 6.24. The van der Waals surface area contributed by atoms with Gasteiger partial charge in [-0.3, -0.25) is 9.35 Å². The van der Waals surface area contributed by atoms with Crippen molar-refractivity contribution in [1.82, 2.24) is 5.32 Å². The van der Waals surface area contributed by atoms with E-state index in [1.165, 1.54) is 6.92 Å². The van der Waals surface area contributed by atoms with Crippen molar-refractivity contribution in [2.75, 3.05) is 12.3 Å². The fourth-order valence-electron chi connectivity index (χ4n) is 0.640. The molecule has 5 N–H and O–H groups in total. The van der Waals surface area contributed by atoms with Crippen molar-refractivity contribution >= 4 is 16.0 Å². The van der Waals surface area contributed by atoms with Crippen LogP contribution in [-0.2, 0) is 14.9 Å². The number of amides is 1. The molecule has 0 aliphatic heterocycles. The molecule has 2 unspecified atom stereocenters. The lowest BCUT2D eigenvalue weighted by molar-refractivity contribution is -0.124. The predicted octanol–water partition coefficient (Wildman–Crippen LogP) is -2.30. The minimum Gasteiger partial charge on any atom is -0.391 e. The Labute approximate surface area is 82.0 Å². The molecule has 0 fully saturated rings. The van der Waals surface area contributed by atoms with E-state index in [1.54, 1.807) is 0 Å². The van der Waals surface area contributed by atoms with Gasteiger partial charge in [-0.2, -0.15) is 8.42 Å². The molecular formula is C6H14N2O5S. The molecule has 0 aromatic carbocycles. The third kappa shape index (κ3) is 5.86. The molecule has 0 aliphatic carbocycles. The number of nitrogens with one attached hydrogen (secondary N) is 1. The average molecular weight is 226 g/mol. The second-order valence-electron chi connectivity index (χ2n) is 2.84. The SMILES string of the molecule is CC(O)C(N)C(=O)NCCS(=O)(=O)O. The summed E-state index contributed by atoms with van der Waals surface area (Å²) >= 11 is 0. The molecule has 2 atom stereocenters. The van der Waals surface area contributed by atoms with Crippen LogP contribution < -0.4 is 11.1 Å². The number of rotatable bonds is 5. The molecule has 0 saturated carbocycles. The third-order valence-electron chi connectivity index (χ3n) is 1.48. The van der Waals surface area contributed by atoms with Crippen LogP contribution in [0.2, 0.25) is 0 Å². The Morgan fingerprint density at radius 3 is 2.43 bits per heavy atom. The molecule has 1 amide bonds. The Kier molecular flexibility index (Phi) is 4.99. The second-order valence-corrected chi connectivity index (χ2v) is 4.42. The number of carbonyl (C=O) groups is 1. The predicted molar refractivity (Wildman–Crippen MR) is 49.1 cm³/mol. The first-order valence-corrected chi connectivity index (χ1v) is 5.51. The zero-order chi connectivity index (χ0) is 11.4. The Hall–Kier alpha value is -0.700. The summed E-state index contributed by atoms with van der Waals surface area (Å²) in [5.74, 6) is -1.24. The van der Waals surface area contributed by atoms with Crippen molar-refractivity contribution < 1.29 is 22.9 Å². The average Bonchev–Trinajstić information content (AvgIpc) is 2.00. The van der Waals surface area contributed by atoms with E-state index in [0.717, 1.165) is 0 Å². The van der Waals surface area contributed by atoms with Crippen LogP contribution in [-0.4, -0.2) is 48.4 Å². The lowest BCUT2D eigenvalue weighted by atomic mass is 10.2. The molecule has 7 nitrogen and oxygen atoms in total. The lowest BCUT2D eigenvalue weighted by Crippen LogP contribution is -2.48. The van der Waals surface area contributed by atoms with Crippen LogP contribution in [0.4, 0.5) is 0 Å². The molecule has 0 spiro atoms. The minimum absolute atomic E-state index is 0.238. The fraction of sp³-hybridized carbons (Fsp3) is 0.833. The molecule has 0 rings (SSSR count). The standard InChI is InChI=1S/C6H14N2O5S/c1-4(9)5(7)6(10)8-2-3-14(11,12)13/h4-5,9H,2-3,7H2,1H3,(H,8,10)(H,11,12,13). The third-order valence-corrected chi connectivity index (χ3v) is 2.20. The highest BCUT2D eigenvalue weighted by Crippen LogP contribution is 1.88. The van der Waals surface area contributed by atoms with Gasteiger partial charge in [0.1, 0.15) is 6.04 Å². The van der Waals surface area contributed by atoms with Crippen LogP contribution >= 0.6 is 0 Å². The Balaban J connectivity index is 3.87. The lowest BCUT2D eigenvalue weighted by Gasteiger charge is -2.13. The van der Waals surface area contributed by atoms with E-state index in [4.69, 9.17) is 15.4 Å². The number of carbonyl (C=O) groups excluding carboxylic acids is 1. The van der Waals surface area contributed by atoms with Crippen LogP contribution in [0.3, 0.4) is 0 Å². The molecule has 0 aliphatic rings. The van der Waals surface area contributed by atoms with Gasteiger partial charge in [0, 0.05) is 6.54 Å². The Morgan fingerprint density at radius 2 is 2.07 bits per heavy atom. The van der Waals surface area contributed by atoms with Crippen LogP contribution in [0, 0.1) is 0 Å². The molecule has 84 valence electrons. The zero-order valence-corrected chi connectivity index (χ0v) is 8.49. The van der Waals surface area contributed by atoms with Crippen molar-refractivity contribution in [3.05, 3.63) is 0 Å². The monoisotopic (exact) mass is 226 g/mol. The van der Waals surface area contributed by atoms with E-state index in [2.05, 4.69) is 5.32 Å². The van der Waals surface area contributed by atoms with Crippen LogP contribution in [0.25, 0.3) is 0 Å². The van der Waals surface area contributed by atoms with Gasteiger partial charge >= 0.3 is 0 Å². The van der Waals surface area contributed by atoms with Gasteiger partial charge in [-0.1, -0.05) is 0 Å². The van der Waals surface area contributed by atoms with Crippen molar-refractivity contribution in [2.45, 2.75) is 19.1 Å². The largest absolute Gasteiger partial charge is 0.391 e. The van der Waals surface area contributed by atoms with E-state index in [9.17, 15) is 13.2 Å². The van der Waals surface area contributed by atoms with Crippen LogP contribution in [0.15, 0.2) is 0 Å². The van der Waals surface area contributed by atoms with Gasteiger partial charge in [-0.05, 0) is 6.92 Å². The summed E-state index contributed by atoms with van der Waals surface area (Å²) in [6.07, 6.45) is -1.01. The summed E-state index contributed by atoms with van der Waals surface area (Å²) in [6, 6.07) is -1.10. The molecule has 0 aromatic rings. The number of nitrogens with two attached hydrogens (primary N) is 1. The minimum atomic E-state index is -4.08. The smallest absolute Gasteiger partial charge is 0.266 e. The molecule has 0 saturated heterocycles. The van der Waals surface area contributed by atoms with Gasteiger partial charge in [-0.25, -0.2) is 0 Å². The van der Waals surface area contributed by atoms with Gasteiger partial charge < -0.3 is 16.2 Å². The van der Waals surface area contributed by atoms with Gasteiger partial charge in [-0.15, -0.1) is 0 Å². The van der Waals surface area contributed by atoms with Crippen molar-refractivity contribution in [1.29, 1.82) is 0 Å². The maximum Gasteiger partial charge on any atom is 0.266 e. The Bertz CT molecular complexity index is 287. The van der Waals surface area contributed by atoms with E-state index in [1.807, 2.05) is 0 Å². The molecule has 0 heterocycles. The maximum absolute atomic E-state index is 11.0. The molecule has 0 bridgehead atoms. The highest BCUT2D eigenvalue weighted by molar-refractivity contribution is 7.85. The normalized spacial score (nSPS) is 16.0.